The molecule has 1 aromatic heterocycles. The Morgan fingerprint density at radius 1 is 1.19 bits per heavy atom. The van der Waals surface area contributed by atoms with E-state index < -0.39 is 0 Å². The Kier molecular flexibility index (Phi) is 7.02. The lowest BCUT2D eigenvalue weighted by Crippen LogP contribution is -2.42. The second kappa shape index (κ2) is 9.91. The minimum Gasteiger partial charge on any atom is -0.373 e. The van der Waals surface area contributed by atoms with Crippen molar-refractivity contribution in [3.05, 3.63) is 17.1 Å². The summed E-state index contributed by atoms with van der Waals surface area (Å²) in [5.41, 5.74) is 2.32. The first-order valence-electron chi connectivity index (χ1n) is 11.4. The minimum absolute atomic E-state index is 0.00544. The first kappa shape index (κ1) is 22.0. The average molecular weight is 431 g/mol. The lowest BCUT2D eigenvalue weighted by atomic mass is 9.96. The van der Waals surface area contributed by atoms with Crippen LogP contribution in [0.3, 0.4) is 0 Å². The lowest BCUT2D eigenvalue weighted by Gasteiger charge is -2.33. The molecule has 0 aromatic carbocycles. The van der Waals surface area contributed by atoms with Gasteiger partial charge in [-0.1, -0.05) is 0 Å². The maximum atomic E-state index is 12.7. The zero-order valence-corrected chi connectivity index (χ0v) is 18.7. The molecule has 0 bridgehead atoms. The van der Waals surface area contributed by atoms with Gasteiger partial charge in [0.2, 0.25) is 11.8 Å². The summed E-state index contributed by atoms with van der Waals surface area (Å²) in [6.07, 6.45) is 4.41. The van der Waals surface area contributed by atoms with E-state index in [9.17, 15) is 9.59 Å². The first-order valence-corrected chi connectivity index (χ1v) is 11.4. The number of hydrogen-bond acceptors (Lipinski definition) is 7. The maximum Gasteiger partial charge on any atom is 0.248 e. The normalized spacial score (nSPS) is 22.0. The van der Waals surface area contributed by atoms with Crippen molar-refractivity contribution in [2.24, 2.45) is 0 Å². The Bertz CT molecular complexity index is 799. The third-order valence-electron chi connectivity index (χ3n) is 6.55. The van der Waals surface area contributed by atoms with Crippen molar-refractivity contribution in [1.82, 2.24) is 24.7 Å². The van der Waals surface area contributed by atoms with E-state index in [2.05, 4.69) is 17.3 Å². The molecule has 0 spiro atoms. The van der Waals surface area contributed by atoms with Gasteiger partial charge in [0.05, 0.1) is 12.3 Å². The topological polar surface area (TPSA) is 90.9 Å². The number of nitrogens with zero attached hydrogens (tertiary/aromatic N) is 5. The van der Waals surface area contributed by atoms with Gasteiger partial charge in [-0.15, -0.1) is 0 Å². The molecule has 1 unspecified atom stereocenters. The number of piperidine rings is 1. The summed E-state index contributed by atoms with van der Waals surface area (Å²) in [5, 5.41) is 3.24. The molecular weight excluding hydrogens is 396 g/mol. The number of ether oxygens (including phenoxy) is 1. The maximum absolute atomic E-state index is 12.7. The summed E-state index contributed by atoms with van der Waals surface area (Å²) in [6.45, 7) is 5.09. The van der Waals surface area contributed by atoms with Crippen molar-refractivity contribution >= 4 is 17.6 Å². The van der Waals surface area contributed by atoms with Gasteiger partial charge < -0.3 is 24.8 Å². The van der Waals surface area contributed by atoms with Crippen LogP contribution in [0.15, 0.2) is 0 Å². The van der Waals surface area contributed by atoms with Crippen molar-refractivity contribution in [2.45, 2.75) is 44.6 Å². The molecular formula is C22H34N6O3. The van der Waals surface area contributed by atoms with Crippen molar-refractivity contribution in [1.29, 1.82) is 0 Å². The van der Waals surface area contributed by atoms with Gasteiger partial charge in [0, 0.05) is 70.6 Å². The monoisotopic (exact) mass is 430 g/mol. The van der Waals surface area contributed by atoms with E-state index in [4.69, 9.17) is 14.7 Å². The average Bonchev–Trinajstić information content (AvgIpc) is 3.20. The molecule has 4 rings (SSSR count). The zero-order valence-electron chi connectivity index (χ0n) is 18.7. The highest BCUT2D eigenvalue weighted by molar-refractivity contribution is 5.78. The van der Waals surface area contributed by atoms with Gasteiger partial charge in [-0.25, -0.2) is 9.97 Å². The van der Waals surface area contributed by atoms with Gasteiger partial charge in [-0.05, 0) is 26.3 Å². The second-order valence-corrected chi connectivity index (χ2v) is 8.81. The van der Waals surface area contributed by atoms with Gasteiger partial charge in [-0.3, -0.25) is 9.59 Å². The lowest BCUT2D eigenvalue weighted by molar-refractivity contribution is -0.137. The SMILES string of the molecule is CNc1nc(C2CCCN(C(=O)COCCN3CCCC3=O)C2)nc2c1CN(C)CC2. The standard InChI is InChI=1S/C22H34N6O3/c1-23-22-17-14-26(2)10-7-18(17)24-21(25-22)16-5-3-9-28(13-16)20(30)15-31-12-11-27-8-4-6-19(27)29/h16H,3-15H2,1-2H3,(H,23,24,25). The molecule has 4 heterocycles. The molecule has 0 saturated carbocycles. The largest absolute Gasteiger partial charge is 0.373 e. The summed E-state index contributed by atoms with van der Waals surface area (Å²) >= 11 is 0. The Morgan fingerprint density at radius 2 is 2.06 bits per heavy atom. The molecule has 2 saturated heterocycles. The van der Waals surface area contributed by atoms with Crippen LogP contribution >= 0.6 is 0 Å². The van der Waals surface area contributed by atoms with Gasteiger partial charge in [0.1, 0.15) is 18.2 Å². The van der Waals surface area contributed by atoms with E-state index in [1.807, 2.05) is 16.8 Å². The van der Waals surface area contributed by atoms with E-state index in [0.29, 0.717) is 26.1 Å². The van der Waals surface area contributed by atoms with E-state index in [1.54, 1.807) is 0 Å². The van der Waals surface area contributed by atoms with Gasteiger partial charge >= 0.3 is 0 Å². The van der Waals surface area contributed by atoms with E-state index in [1.165, 1.54) is 5.56 Å². The number of anilines is 1. The molecule has 1 N–H and O–H groups in total. The van der Waals surface area contributed by atoms with Crippen LogP contribution in [-0.2, 0) is 27.3 Å². The highest BCUT2D eigenvalue weighted by atomic mass is 16.5. The van der Waals surface area contributed by atoms with E-state index in [-0.39, 0.29) is 24.3 Å². The summed E-state index contributed by atoms with van der Waals surface area (Å²) in [6, 6.07) is 0. The third kappa shape index (κ3) is 5.15. The molecule has 1 aromatic rings. The number of carbonyl (C=O) groups is 2. The van der Waals surface area contributed by atoms with E-state index in [0.717, 1.165) is 69.2 Å². The summed E-state index contributed by atoms with van der Waals surface area (Å²) < 4.78 is 5.59. The van der Waals surface area contributed by atoms with Gasteiger partial charge in [0.15, 0.2) is 0 Å². The van der Waals surface area contributed by atoms with Gasteiger partial charge in [0.25, 0.3) is 0 Å². The van der Waals surface area contributed by atoms with Crippen LogP contribution < -0.4 is 5.32 Å². The molecule has 2 amide bonds. The summed E-state index contributed by atoms with van der Waals surface area (Å²) in [7, 11) is 4.02. The van der Waals surface area contributed by atoms with Crippen LogP contribution in [0, 0.1) is 0 Å². The molecule has 1 atom stereocenters. The van der Waals surface area contributed by atoms with Crippen molar-refractivity contribution in [3.63, 3.8) is 0 Å². The number of likely N-dealkylation sites (N-methyl/N-ethyl adjacent to an activating group) is 1. The molecule has 3 aliphatic heterocycles. The highest BCUT2D eigenvalue weighted by Crippen LogP contribution is 2.29. The number of likely N-dealkylation sites (tertiary alicyclic amines) is 2. The fraction of sp³-hybridized carbons (Fsp3) is 0.727. The molecule has 3 aliphatic rings. The third-order valence-corrected chi connectivity index (χ3v) is 6.55. The van der Waals surface area contributed by atoms with Gasteiger partial charge in [-0.2, -0.15) is 0 Å². The van der Waals surface area contributed by atoms with Crippen LogP contribution in [-0.4, -0.2) is 96.5 Å². The van der Waals surface area contributed by atoms with Crippen LogP contribution in [0.25, 0.3) is 0 Å². The number of nitrogens with one attached hydrogen (secondary N) is 1. The molecule has 0 aliphatic carbocycles. The molecule has 170 valence electrons. The number of hydrogen-bond donors (Lipinski definition) is 1. The molecule has 9 heteroatoms. The summed E-state index contributed by atoms with van der Waals surface area (Å²) in [5.74, 6) is 2.10. The second-order valence-electron chi connectivity index (χ2n) is 8.81. The molecule has 9 nitrogen and oxygen atoms in total. The fourth-order valence-electron chi connectivity index (χ4n) is 4.74. The Balaban J connectivity index is 1.33. The quantitative estimate of drug-likeness (QED) is 0.642. The predicted octanol–water partition coefficient (Wildman–Crippen LogP) is 0.851. The number of rotatable bonds is 7. The van der Waals surface area contributed by atoms with E-state index >= 15 is 0 Å². The van der Waals surface area contributed by atoms with Crippen molar-refractivity contribution < 1.29 is 14.3 Å². The molecule has 31 heavy (non-hydrogen) atoms. The van der Waals surface area contributed by atoms with Crippen molar-refractivity contribution in [3.8, 4) is 0 Å². The number of aromatic nitrogens is 2. The fourth-order valence-corrected chi connectivity index (χ4v) is 4.74. The Morgan fingerprint density at radius 3 is 2.84 bits per heavy atom. The molecule has 0 radical (unpaired) electrons. The van der Waals surface area contributed by atoms with Crippen LogP contribution in [0.1, 0.15) is 48.7 Å². The minimum atomic E-state index is 0.00544. The Hall–Kier alpha value is -2.26. The van der Waals surface area contributed by atoms with Crippen molar-refractivity contribution in [2.75, 3.05) is 65.3 Å². The van der Waals surface area contributed by atoms with Crippen LogP contribution in [0.4, 0.5) is 5.82 Å². The molecule has 2 fully saturated rings. The highest BCUT2D eigenvalue weighted by Gasteiger charge is 2.29. The Labute approximate surface area is 184 Å². The van der Waals surface area contributed by atoms with Crippen LogP contribution in [0.2, 0.25) is 0 Å². The zero-order chi connectivity index (χ0) is 21.8. The predicted molar refractivity (Wildman–Crippen MR) is 117 cm³/mol. The van der Waals surface area contributed by atoms with Crippen LogP contribution in [0.5, 0.6) is 0 Å². The summed E-state index contributed by atoms with van der Waals surface area (Å²) in [4.78, 5) is 40.1. The smallest absolute Gasteiger partial charge is 0.248 e. The number of fused-ring (bicyclic) bond motifs is 1. The first-order chi connectivity index (χ1) is 15.0. The number of carbonyl (C=O) groups excluding carboxylic acids is 2. The number of amides is 2.